The van der Waals surface area contributed by atoms with Gasteiger partial charge in [-0.2, -0.15) is 0 Å². The Balaban J connectivity index is 0.00000320. The van der Waals surface area contributed by atoms with Crippen LogP contribution in [0.1, 0.15) is 42.7 Å². The van der Waals surface area contributed by atoms with Crippen molar-refractivity contribution >= 4 is 29.9 Å². The van der Waals surface area contributed by atoms with E-state index in [2.05, 4.69) is 25.5 Å². The molecule has 8 heteroatoms. The number of hydrogen-bond donors (Lipinski definition) is 2. The minimum atomic E-state index is -0.225. The molecule has 30 heavy (non-hydrogen) atoms. The van der Waals surface area contributed by atoms with Crippen molar-refractivity contribution in [3.8, 4) is 0 Å². The van der Waals surface area contributed by atoms with E-state index < -0.39 is 0 Å². The molecule has 0 amide bonds. The van der Waals surface area contributed by atoms with Gasteiger partial charge in [0.2, 0.25) is 5.89 Å². The number of rotatable bonds is 7. The molecule has 1 aromatic carbocycles. The van der Waals surface area contributed by atoms with Gasteiger partial charge in [-0.3, -0.25) is 4.90 Å². The maximum absolute atomic E-state index is 13.3. The van der Waals surface area contributed by atoms with E-state index in [1.807, 2.05) is 26.8 Å². The molecule has 2 N–H and O–H groups in total. The lowest BCUT2D eigenvalue weighted by Crippen LogP contribution is -2.42. The molecule has 0 aliphatic carbocycles. The van der Waals surface area contributed by atoms with E-state index in [0.717, 1.165) is 74.4 Å². The number of aliphatic imine (C=N–C) groups is 1. The van der Waals surface area contributed by atoms with Crippen LogP contribution in [0.15, 0.2) is 33.7 Å². The van der Waals surface area contributed by atoms with Gasteiger partial charge < -0.3 is 15.1 Å². The fourth-order valence-corrected chi connectivity index (χ4v) is 3.54. The van der Waals surface area contributed by atoms with E-state index in [1.165, 1.54) is 12.1 Å². The van der Waals surface area contributed by atoms with Crippen LogP contribution in [0, 0.1) is 25.6 Å². The first-order valence-electron chi connectivity index (χ1n) is 10.5. The summed E-state index contributed by atoms with van der Waals surface area (Å²) in [6.07, 6.45) is 2.27. The van der Waals surface area contributed by atoms with Crippen LogP contribution in [0.4, 0.5) is 4.39 Å². The molecule has 1 saturated heterocycles. The zero-order chi connectivity index (χ0) is 20.6. The van der Waals surface area contributed by atoms with Gasteiger partial charge in [-0.1, -0.05) is 12.1 Å². The van der Waals surface area contributed by atoms with Gasteiger partial charge in [0.25, 0.3) is 0 Å². The first-order chi connectivity index (χ1) is 14.0. The molecule has 0 bridgehead atoms. The highest BCUT2D eigenvalue weighted by molar-refractivity contribution is 14.0. The number of nitrogens with zero attached hydrogens (tertiary/aromatic N) is 3. The van der Waals surface area contributed by atoms with Crippen LogP contribution in [-0.4, -0.2) is 42.0 Å². The molecule has 0 saturated carbocycles. The number of hydrogen-bond acceptors (Lipinski definition) is 4. The number of piperidine rings is 1. The first-order valence-corrected chi connectivity index (χ1v) is 10.5. The summed E-state index contributed by atoms with van der Waals surface area (Å²) in [7, 11) is 0. The maximum Gasteiger partial charge on any atom is 0.208 e. The van der Waals surface area contributed by atoms with Gasteiger partial charge in [0.15, 0.2) is 5.96 Å². The van der Waals surface area contributed by atoms with Crippen LogP contribution < -0.4 is 10.6 Å². The molecular weight excluding hydrogens is 496 g/mol. The van der Waals surface area contributed by atoms with Crippen LogP contribution in [0.5, 0.6) is 0 Å². The number of oxazole rings is 1. The lowest BCUT2D eigenvalue weighted by Gasteiger charge is -2.31. The highest BCUT2D eigenvalue weighted by Crippen LogP contribution is 2.19. The molecule has 166 valence electrons. The van der Waals surface area contributed by atoms with Crippen LogP contribution in [-0.2, 0) is 13.1 Å². The smallest absolute Gasteiger partial charge is 0.208 e. The summed E-state index contributed by atoms with van der Waals surface area (Å²) < 4.78 is 19.0. The molecule has 0 spiro atoms. The third-order valence-electron chi connectivity index (χ3n) is 5.35. The molecule has 3 rings (SSSR count). The SMILES string of the molecule is CCNC(=NCc1cccc(F)c1)NCC1CCN(Cc2nc(C)c(C)o2)CC1.I. The molecule has 1 aromatic heterocycles. The van der Waals surface area contributed by atoms with Gasteiger partial charge in [-0.25, -0.2) is 14.4 Å². The molecule has 6 nitrogen and oxygen atoms in total. The van der Waals surface area contributed by atoms with Gasteiger partial charge >= 0.3 is 0 Å². The summed E-state index contributed by atoms with van der Waals surface area (Å²) >= 11 is 0. The van der Waals surface area contributed by atoms with Crippen molar-refractivity contribution in [2.45, 2.75) is 46.7 Å². The summed E-state index contributed by atoms with van der Waals surface area (Å²) in [4.78, 5) is 11.5. The van der Waals surface area contributed by atoms with Crippen molar-refractivity contribution in [2.75, 3.05) is 26.2 Å². The number of guanidine groups is 1. The van der Waals surface area contributed by atoms with Crippen LogP contribution in [0.25, 0.3) is 0 Å². The Morgan fingerprint density at radius 1 is 1.27 bits per heavy atom. The Morgan fingerprint density at radius 2 is 2.03 bits per heavy atom. The minimum absolute atomic E-state index is 0. The maximum atomic E-state index is 13.3. The van der Waals surface area contributed by atoms with Crippen molar-refractivity contribution in [3.63, 3.8) is 0 Å². The quantitative estimate of drug-likeness (QED) is 0.323. The molecule has 2 heterocycles. The van der Waals surface area contributed by atoms with Crippen LogP contribution in [0.3, 0.4) is 0 Å². The van der Waals surface area contributed by atoms with Crippen molar-refractivity contribution in [3.05, 3.63) is 53.0 Å². The number of benzene rings is 1. The standard InChI is InChI=1S/C22H32FN5O.HI/c1-4-24-22(26-14-19-6-5-7-20(23)12-19)25-13-18-8-10-28(11-9-18)15-21-27-16(2)17(3)29-21;/h5-7,12,18H,4,8-11,13-15H2,1-3H3,(H2,24,25,26);1H. The molecule has 0 radical (unpaired) electrons. The fraction of sp³-hybridized carbons (Fsp3) is 0.545. The number of nitrogens with one attached hydrogen (secondary N) is 2. The summed E-state index contributed by atoms with van der Waals surface area (Å²) in [6.45, 7) is 11.0. The van der Waals surface area contributed by atoms with E-state index >= 15 is 0 Å². The summed E-state index contributed by atoms with van der Waals surface area (Å²) in [5.41, 5.74) is 1.85. The largest absolute Gasteiger partial charge is 0.444 e. The highest BCUT2D eigenvalue weighted by atomic mass is 127. The fourth-order valence-electron chi connectivity index (χ4n) is 3.54. The Hall–Kier alpha value is -1.68. The second-order valence-corrected chi connectivity index (χ2v) is 7.67. The van der Waals surface area contributed by atoms with E-state index in [9.17, 15) is 4.39 Å². The van der Waals surface area contributed by atoms with Crippen molar-refractivity contribution in [1.29, 1.82) is 0 Å². The predicted octanol–water partition coefficient (Wildman–Crippen LogP) is 4.02. The van der Waals surface area contributed by atoms with E-state index in [-0.39, 0.29) is 29.8 Å². The monoisotopic (exact) mass is 529 g/mol. The Kier molecular flexibility index (Phi) is 10.0. The number of aromatic nitrogens is 1. The van der Waals surface area contributed by atoms with Gasteiger partial charge in [0.1, 0.15) is 11.6 Å². The minimum Gasteiger partial charge on any atom is -0.444 e. The normalized spacial score (nSPS) is 15.7. The number of halogens is 2. The second-order valence-electron chi connectivity index (χ2n) is 7.67. The van der Waals surface area contributed by atoms with E-state index in [0.29, 0.717) is 12.5 Å². The van der Waals surface area contributed by atoms with E-state index in [1.54, 1.807) is 6.07 Å². The zero-order valence-corrected chi connectivity index (χ0v) is 20.4. The number of likely N-dealkylation sites (tertiary alicyclic amines) is 1. The summed E-state index contributed by atoms with van der Waals surface area (Å²) in [5.74, 6) is 2.89. The summed E-state index contributed by atoms with van der Waals surface area (Å²) in [5, 5.41) is 6.72. The molecule has 1 fully saturated rings. The summed E-state index contributed by atoms with van der Waals surface area (Å²) in [6, 6.07) is 6.59. The molecule has 0 unspecified atom stereocenters. The predicted molar refractivity (Wildman–Crippen MR) is 129 cm³/mol. The topological polar surface area (TPSA) is 65.7 Å². The third kappa shape index (κ3) is 7.54. The molecule has 0 atom stereocenters. The van der Waals surface area contributed by atoms with Gasteiger partial charge in [0.05, 0.1) is 18.8 Å². The van der Waals surface area contributed by atoms with Gasteiger partial charge in [0, 0.05) is 13.1 Å². The van der Waals surface area contributed by atoms with Crippen molar-refractivity contribution in [1.82, 2.24) is 20.5 Å². The lowest BCUT2D eigenvalue weighted by molar-refractivity contribution is 0.164. The first kappa shape index (κ1) is 24.6. The average Bonchev–Trinajstić information content (AvgIpc) is 3.02. The van der Waals surface area contributed by atoms with E-state index in [4.69, 9.17) is 4.42 Å². The van der Waals surface area contributed by atoms with Gasteiger partial charge in [-0.05, 0) is 70.3 Å². The van der Waals surface area contributed by atoms with Crippen LogP contribution in [0.2, 0.25) is 0 Å². The lowest BCUT2D eigenvalue weighted by atomic mass is 9.97. The average molecular weight is 529 g/mol. The Bertz CT molecular complexity index is 798. The Labute approximate surface area is 195 Å². The second kappa shape index (κ2) is 12.2. The van der Waals surface area contributed by atoms with Gasteiger partial charge in [-0.15, -0.1) is 24.0 Å². The third-order valence-corrected chi connectivity index (χ3v) is 5.35. The molecule has 1 aliphatic heterocycles. The molecule has 2 aromatic rings. The van der Waals surface area contributed by atoms with Crippen molar-refractivity contribution < 1.29 is 8.81 Å². The highest BCUT2D eigenvalue weighted by Gasteiger charge is 2.21. The zero-order valence-electron chi connectivity index (χ0n) is 18.1. The van der Waals surface area contributed by atoms with Crippen LogP contribution >= 0.6 is 24.0 Å². The Morgan fingerprint density at radius 3 is 2.67 bits per heavy atom. The molecule has 1 aliphatic rings. The number of aryl methyl sites for hydroxylation is 2. The molecular formula is C22H33FIN5O. The van der Waals surface area contributed by atoms with Crippen molar-refractivity contribution in [2.24, 2.45) is 10.9 Å².